The molecule has 0 atom stereocenters. The maximum absolute atomic E-state index is 6.13. The Kier molecular flexibility index (Phi) is 5.85. The van der Waals surface area contributed by atoms with Gasteiger partial charge in [-0.25, -0.2) is 0 Å². The Morgan fingerprint density at radius 1 is 1.50 bits per heavy atom. The molecule has 0 saturated heterocycles. The van der Waals surface area contributed by atoms with Crippen LogP contribution in [0.4, 0.5) is 5.69 Å². The number of anilines is 1. The van der Waals surface area contributed by atoms with E-state index in [4.69, 9.17) is 34.3 Å². The Balaban J connectivity index is 2.66. The molecule has 0 saturated carbocycles. The van der Waals surface area contributed by atoms with E-state index in [-0.39, 0.29) is 6.10 Å². The molecular formula is C13H19ClN2OS. The predicted octanol–water partition coefficient (Wildman–Crippen LogP) is 2.84. The standard InChI is InChI=1S/C13H19ClN2OS/c1-9(2)17-7-6-16(3)10-4-5-11(13(15)18)12(14)8-10/h4-5,8-9H,6-7H2,1-3H3,(H2,15,18). The summed E-state index contributed by atoms with van der Waals surface area (Å²) in [5, 5.41) is 0.580. The van der Waals surface area contributed by atoms with E-state index in [1.165, 1.54) is 0 Å². The minimum absolute atomic E-state index is 0.249. The lowest BCUT2D eigenvalue weighted by molar-refractivity contribution is 0.0846. The van der Waals surface area contributed by atoms with Crippen molar-refractivity contribution in [3.05, 3.63) is 28.8 Å². The van der Waals surface area contributed by atoms with Crippen LogP contribution in [0.5, 0.6) is 0 Å². The quantitative estimate of drug-likeness (QED) is 0.816. The molecule has 0 radical (unpaired) electrons. The molecule has 0 unspecified atom stereocenters. The van der Waals surface area contributed by atoms with Crippen molar-refractivity contribution in [1.29, 1.82) is 0 Å². The van der Waals surface area contributed by atoms with Crippen molar-refractivity contribution < 1.29 is 4.74 Å². The first-order chi connectivity index (χ1) is 8.41. The van der Waals surface area contributed by atoms with E-state index < -0.39 is 0 Å². The van der Waals surface area contributed by atoms with Gasteiger partial charge in [0.15, 0.2) is 0 Å². The second-order valence-corrected chi connectivity index (χ2v) is 5.22. The molecule has 0 aliphatic carbocycles. The number of nitrogens with zero attached hydrogens (tertiary/aromatic N) is 1. The van der Waals surface area contributed by atoms with E-state index in [2.05, 4.69) is 4.90 Å². The minimum Gasteiger partial charge on any atom is -0.389 e. The average Bonchev–Trinajstić information content (AvgIpc) is 2.27. The summed E-state index contributed by atoms with van der Waals surface area (Å²) in [6, 6.07) is 5.67. The van der Waals surface area contributed by atoms with Gasteiger partial charge in [-0.05, 0) is 32.0 Å². The summed E-state index contributed by atoms with van der Waals surface area (Å²) in [6.45, 7) is 5.53. The zero-order valence-corrected chi connectivity index (χ0v) is 12.5. The molecule has 0 aromatic heterocycles. The SMILES string of the molecule is CC(C)OCCN(C)c1ccc(C(N)=S)c(Cl)c1. The third-order valence-corrected chi connectivity index (χ3v) is 3.07. The minimum atomic E-state index is 0.249. The molecule has 100 valence electrons. The Morgan fingerprint density at radius 3 is 2.67 bits per heavy atom. The van der Waals surface area contributed by atoms with Crippen molar-refractivity contribution in [3.63, 3.8) is 0 Å². The number of rotatable bonds is 6. The van der Waals surface area contributed by atoms with Gasteiger partial charge < -0.3 is 15.4 Å². The number of likely N-dealkylation sites (N-methyl/N-ethyl adjacent to an activating group) is 1. The van der Waals surface area contributed by atoms with Crippen LogP contribution >= 0.6 is 23.8 Å². The molecule has 1 rings (SSSR count). The summed E-state index contributed by atoms with van der Waals surface area (Å²) in [5.74, 6) is 0. The maximum atomic E-state index is 6.13. The van der Waals surface area contributed by atoms with Crippen LogP contribution in [0.2, 0.25) is 5.02 Å². The first-order valence-electron chi connectivity index (χ1n) is 5.84. The molecule has 0 fully saturated rings. The van der Waals surface area contributed by atoms with E-state index in [9.17, 15) is 0 Å². The van der Waals surface area contributed by atoms with Crippen LogP contribution in [0, 0.1) is 0 Å². The fourth-order valence-corrected chi connectivity index (χ4v) is 2.01. The molecule has 1 aromatic carbocycles. The van der Waals surface area contributed by atoms with Crippen LogP contribution < -0.4 is 10.6 Å². The fraction of sp³-hybridized carbons (Fsp3) is 0.462. The third kappa shape index (κ3) is 4.44. The number of hydrogen-bond donors (Lipinski definition) is 1. The summed E-state index contributed by atoms with van der Waals surface area (Å²) in [6.07, 6.45) is 0.249. The molecular weight excluding hydrogens is 268 g/mol. The number of halogens is 1. The molecule has 1 aromatic rings. The van der Waals surface area contributed by atoms with Gasteiger partial charge in [0.2, 0.25) is 0 Å². The van der Waals surface area contributed by atoms with Crippen LogP contribution in [0.1, 0.15) is 19.4 Å². The highest BCUT2D eigenvalue weighted by Gasteiger charge is 2.07. The van der Waals surface area contributed by atoms with Gasteiger partial charge in [-0.1, -0.05) is 23.8 Å². The largest absolute Gasteiger partial charge is 0.389 e. The number of hydrogen-bond acceptors (Lipinski definition) is 3. The van der Waals surface area contributed by atoms with Crippen molar-refractivity contribution in [3.8, 4) is 0 Å². The van der Waals surface area contributed by atoms with E-state index in [0.717, 1.165) is 12.2 Å². The molecule has 18 heavy (non-hydrogen) atoms. The number of nitrogens with two attached hydrogens (primary N) is 1. The monoisotopic (exact) mass is 286 g/mol. The van der Waals surface area contributed by atoms with Crippen LogP contribution in [-0.4, -0.2) is 31.3 Å². The second kappa shape index (κ2) is 6.92. The molecule has 0 aliphatic rings. The van der Waals surface area contributed by atoms with Gasteiger partial charge in [0.05, 0.1) is 17.7 Å². The second-order valence-electron chi connectivity index (χ2n) is 4.37. The van der Waals surface area contributed by atoms with Gasteiger partial charge in [-0.15, -0.1) is 0 Å². The normalized spacial score (nSPS) is 10.7. The molecule has 0 spiro atoms. The third-order valence-electron chi connectivity index (χ3n) is 2.54. The van der Waals surface area contributed by atoms with Crippen molar-refractivity contribution in [2.75, 3.05) is 25.1 Å². The summed E-state index contributed by atoms with van der Waals surface area (Å²) in [5.41, 5.74) is 7.30. The summed E-state index contributed by atoms with van der Waals surface area (Å²) >= 11 is 11.0. The van der Waals surface area contributed by atoms with E-state index >= 15 is 0 Å². The molecule has 0 amide bonds. The van der Waals surface area contributed by atoms with Crippen LogP contribution in [0.3, 0.4) is 0 Å². The summed E-state index contributed by atoms with van der Waals surface area (Å²) in [4.78, 5) is 2.40. The molecule has 0 aliphatic heterocycles. The average molecular weight is 287 g/mol. The summed E-state index contributed by atoms with van der Waals surface area (Å²) in [7, 11) is 2.00. The first-order valence-corrected chi connectivity index (χ1v) is 6.62. The molecule has 0 heterocycles. The zero-order chi connectivity index (χ0) is 13.7. The van der Waals surface area contributed by atoms with E-state index in [0.29, 0.717) is 22.2 Å². The summed E-state index contributed by atoms with van der Waals surface area (Å²) < 4.78 is 5.51. The van der Waals surface area contributed by atoms with Crippen molar-refractivity contribution in [2.24, 2.45) is 5.73 Å². The van der Waals surface area contributed by atoms with Crippen LogP contribution in [0.15, 0.2) is 18.2 Å². The predicted molar refractivity (Wildman–Crippen MR) is 81.7 cm³/mol. The van der Waals surface area contributed by atoms with Crippen LogP contribution in [-0.2, 0) is 4.74 Å². The Morgan fingerprint density at radius 2 is 2.17 bits per heavy atom. The number of benzene rings is 1. The van der Waals surface area contributed by atoms with E-state index in [1.807, 2.05) is 39.1 Å². The molecule has 5 heteroatoms. The van der Waals surface area contributed by atoms with Gasteiger partial charge in [-0.2, -0.15) is 0 Å². The van der Waals surface area contributed by atoms with Gasteiger partial charge in [0, 0.05) is 24.8 Å². The highest BCUT2D eigenvalue weighted by Crippen LogP contribution is 2.23. The van der Waals surface area contributed by atoms with Crippen LogP contribution in [0.25, 0.3) is 0 Å². The lowest BCUT2D eigenvalue weighted by Crippen LogP contribution is -2.24. The van der Waals surface area contributed by atoms with Crippen molar-refractivity contribution in [1.82, 2.24) is 0 Å². The smallest absolute Gasteiger partial charge is 0.105 e. The first kappa shape index (κ1) is 15.2. The molecule has 2 N–H and O–H groups in total. The van der Waals surface area contributed by atoms with Gasteiger partial charge >= 0.3 is 0 Å². The Labute approximate surface area is 119 Å². The number of ether oxygens (including phenoxy) is 1. The van der Waals surface area contributed by atoms with E-state index in [1.54, 1.807) is 0 Å². The lowest BCUT2D eigenvalue weighted by Gasteiger charge is -2.20. The van der Waals surface area contributed by atoms with Gasteiger partial charge in [-0.3, -0.25) is 0 Å². The molecule has 3 nitrogen and oxygen atoms in total. The lowest BCUT2D eigenvalue weighted by atomic mass is 10.2. The Hall–Kier alpha value is -0.840. The van der Waals surface area contributed by atoms with Crippen molar-refractivity contribution in [2.45, 2.75) is 20.0 Å². The fourth-order valence-electron chi connectivity index (χ4n) is 1.50. The maximum Gasteiger partial charge on any atom is 0.105 e. The number of thiocarbonyl (C=S) groups is 1. The highest BCUT2D eigenvalue weighted by molar-refractivity contribution is 7.80. The highest BCUT2D eigenvalue weighted by atomic mass is 35.5. The molecule has 0 bridgehead atoms. The van der Waals surface area contributed by atoms with Gasteiger partial charge in [0.1, 0.15) is 4.99 Å². The Bertz CT molecular complexity index is 423. The van der Waals surface area contributed by atoms with Crippen molar-refractivity contribution >= 4 is 34.5 Å². The van der Waals surface area contributed by atoms with Gasteiger partial charge in [0.25, 0.3) is 0 Å². The zero-order valence-electron chi connectivity index (χ0n) is 10.9. The topological polar surface area (TPSA) is 38.5 Å².